The van der Waals surface area contributed by atoms with Crippen LogP contribution in [-0.4, -0.2) is 24.8 Å². The van der Waals surface area contributed by atoms with E-state index in [0.29, 0.717) is 17.9 Å². The van der Waals surface area contributed by atoms with Crippen molar-refractivity contribution in [2.24, 2.45) is 16.7 Å². The van der Waals surface area contributed by atoms with Crippen molar-refractivity contribution in [3.05, 3.63) is 57.4 Å². The Kier molecular flexibility index (Phi) is 6.40. The molecule has 1 atom stereocenters. The number of nitrogens with one attached hydrogen (secondary N) is 1. The number of rotatable bonds is 2. The van der Waals surface area contributed by atoms with E-state index in [4.69, 9.17) is 10.1 Å². The van der Waals surface area contributed by atoms with E-state index in [0.717, 1.165) is 49.2 Å². The Balaban J connectivity index is 1.54. The van der Waals surface area contributed by atoms with Crippen molar-refractivity contribution in [3.8, 4) is 0 Å². The molecule has 0 bridgehead atoms. The Hall–Kier alpha value is -2.62. The highest BCUT2D eigenvalue weighted by Crippen LogP contribution is 2.52. The van der Waals surface area contributed by atoms with Gasteiger partial charge in [0.25, 0.3) is 0 Å². The number of carbonyl (C=O) groups is 1. The van der Waals surface area contributed by atoms with Crippen molar-refractivity contribution < 1.29 is 9.53 Å². The fraction of sp³-hybridized carbons (Fsp3) is 0.600. The highest BCUT2D eigenvalue weighted by molar-refractivity contribution is 6.24. The summed E-state index contributed by atoms with van der Waals surface area (Å²) >= 11 is 0. The van der Waals surface area contributed by atoms with Gasteiger partial charge in [0.05, 0.1) is 5.57 Å². The van der Waals surface area contributed by atoms with E-state index < -0.39 is 0 Å². The number of fused-ring (bicyclic) bond motifs is 2. The van der Waals surface area contributed by atoms with E-state index >= 15 is 0 Å². The molecule has 4 nitrogen and oxygen atoms in total. The maximum atomic E-state index is 13.6. The van der Waals surface area contributed by atoms with Gasteiger partial charge >= 0.3 is 0 Å². The Morgan fingerprint density at radius 1 is 1.00 bits per heavy atom. The highest BCUT2D eigenvalue weighted by Gasteiger charge is 2.43. The molecule has 0 saturated carbocycles. The Morgan fingerprint density at radius 3 is 2.26 bits per heavy atom. The third-order valence-corrected chi connectivity index (χ3v) is 9.69. The van der Waals surface area contributed by atoms with E-state index in [-0.39, 0.29) is 33.3 Å². The van der Waals surface area contributed by atoms with Gasteiger partial charge in [-0.15, -0.1) is 0 Å². The fourth-order valence-corrected chi connectivity index (χ4v) is 6.79. The van der Waals surface area contributed by atoms with Gasteiger partial charge in [-0.3, -0.25) is 10.2 Å². The molecule has 1 unspecified atom stereocenters. The number of hydrogen-bond acceptors (Lipinski definition) is 4. The molecule has 2 heterocycles. The van der Waals surface area contributed by atoms with Crippen LogP contribution in [-0.2, 0) is 26.8 Å². The molecule has 0 radical (unpaired) electrons. The van der Waals surface area contributed by atoms with Gasteiger partial charge in [0, 0.05) is 31.6 Å². The minimum Gasteiger partial charge on any atom is -0.443 e. The van der Waals surface area contributed by atoms with Crippen LogP contribution in [0.4, 0.5) is 5.69 Å². The van der Waals surface area contributed by atoms with Crippen LogP contribution in [0.1, 0.15) is 111 Å². The van der Waals surface area contributed by atoms with Crippen LogP contribution in [0.25, 0.3) is 6.08 Å². The van der Waals surface area contributed by atoms with Crippen molar-refractivity contribution in [2.45, 2.75) is 106 Å². The molecule has 0 fully saturated rings. The van der Waals surface area contributed by atoms with E-state index in [1.54, 1.807) is 0 Å². The van der Waals surface area contributed by atoms with Crippen molar-refractivity contribution in [1.29, 1.82) is 5.41 Å². The molecule has 0 saturated heterocycles. The summed E-state index contributed by atoms with van der Waals surface area (Å²) in [5.74, 6) is 1.06. The van der Waals surface area contributed by atoms with Gasteiger partial charge in [0.1, 0.15) is 5.76 Å². The van der Waals surface area contributed by atoms with Crippen molar-refractivity contribution in [3.63, 3.8) is 0 Å². The first-order chi connectivity index (χ1) is 17.9. The predicted molar refractivity (Wildman–Crippen MR) is 163 cm³/mol. The minimum absolute atomic E-state index is 0.0120. The zero-order valence-corrected chi connectivity index (χ0v) is 25.9. The number of anilines is 1. The number of ketones is 1. The lowest BCUT2D eigenvalue weighted by atomic mass is 9.66. The number of ether oxygens (including phenoxy) is 1. The number of nitrogens with zero attached hydrogens (tertiary/aromatic N) is 1. The van der Waals surface area contributed by atoms with Crippen LogP contribution in [0.3, 0.4) is 0 Å². The van der Waals surface area contributed by atoms with Crippen LogP contribution in [0.2, 0.25) is 0 Å². The number of hydrogen-bond donors (Lipinski definition) is 1. The second-order valence-corrected chi connectivity index (χ2v) is 15.7. The summed E-state index contributed by atoms with van der Waals surface area (Å²) in [6.45, 7) is 24.9. The molecule has 0 spiro atoms. The normalized spacial score (nSPS) is 23.7. The first-order valence-electron chi connectivity index (χ1n) is 14.8. The molecule has 210 valence electrons. The first kappa shape index (κ1) is 27.9. The van der Waals surface area contributed by atoms with Crippen LogP contribution in [0.15, 0.2) is 35.1 Å². The van der Waals surface area contributed by atoms with Gasteiger partial charge in [-0.2, -0.15) is 0 Å². The number of Topliss-reactive ketones (excluding diaryl/α,β-unsaturated/α-hetero) is 1. The number of benzene rings is 1. The first-order valence-corrected chi connectivity index (χ1v) is 14.8. The molecular formula is C35H48N2O2. The maximum absolute atomic E-state index is 13.6. The Labute approximate surface area is 236 Å². The van der Waals surface area contributed by atoms with E-state index in [2.05, 4.69) is 92.4 Å². The average molecular weight is 529 g/mol. The third kappa shape index (κ3) is 4.93. The van der Waals surface area contributed by atoms with Gasteiger partial charge in [-0.25, -0.2) is 0 Å². The molecule has 39 heavy (non-hydrogen) atoms. The zero-order valence-electron chi connectivity index (χ0n) is 25.9. The van der Waals surface area contributed by atoms with Gasteiger partial charge in [-0.05, 0) is 86.5 Å². The Morgan fingerprint density at radius 2 is 1.64 bits per heavy atom. The van der Waals surface area contributed by atoms with Gasteiger partial charge in [0.15, 0.2) is 5.78 Å². The van der Waals surface area contributed by atoms with Crippen LogP contribution < -0.4 is 4.90 Å². The zero-order chi connectivity index (χ0) is 28.7. The quantitative estimate of drug-likeness (QED) is 0.310. The molecule has 1 N–H and O–H groups in total. The molecule has 0 amide bonds. The molecule has 1 aromatic carbocycles. The lowest BCUT2D eigenvalue weighted by Crippen LogP contribution is -2.45. The molecule has 2 aliphatic heterocycles. The molecule has 2 aliphatic carbocycles. The number of carbonyl (C=O) groups excluding carboxylic acids is 1. The topological polar surface area (TPSA) is 53.4 Å². The van der Waals surface area contributed by atoms with Crippen LogP contribution >= 0.6 is 0 Å². The van der Waals surface area contributed by atoms with Gasteiger partial charge < -0.3 is 9.64 Å². The summed E-state index contributed by atoms with van der Waals surface area (Å²) in [5, 5.41) is 8.94. The molecule has 0 aromatic heterocycles. The van der Waals surface area contributed by atoms with Crippen LogP contribution in [0.5, 0.6) is 0 Å². The molecule has 5 rings (SSSR count). The maximum Gasteiger partial charge on any atom is 0.222 e. The standard InChI is InChI=1S/C35H48N2O2/c1-32(2,3)22-17-23(33(4,5)6)19-24(18-22)39-31(36)26-15-21-16-27-30-29(25(21)20-28(26)38)35(9,10)12-14-37(30)13-11-34(27,7)8/h15-18,23,36H,11-14,19-20H2,1-10H3. The monoisotopic (exact) mass is 528 g/mol. The molecule has 1 aromatic rings. The lowest BCUT2D eigenvalue weighted by Gasteiger charge is -2.49. The van der Waals surface area contributed by atoms with Crippen molar-refractivity contribution in [2.75, 3.05) is 18.0 Å². The largest absolute Gasteiger partial charge is 0.443 e. The summed E-state index contributed by atoms with van der Waals surface area (Å²) in [4.78, 5) is 16.2. The average Bonchev–Trinajstić information content (AvgIpc) is 2.80. The lowest BCUT2D eigenvalue weighted by molar-refractivity contribution is -0.114. The summed E-state index contributed by atoms with van der Waals surface area (Å²) in [7, 11) is 0. The fourth-order valence-electron chi connectivity index (χ4n) is 6.79. The van der Waals surface area contributed by atoms with Crippen LogP contribution in [0, 0.1) is 22.2 Å². The summed E-state index contributed by atoms with van der Waals surface area (Å²) in [6.07, 6.45) is 9.71. The SMILES string of the molecule is CC(C)(C)C1=CC(C(C)(C)C)CC(OC(=N)C2=Cc3cc4c5c(c3CC2=O)C(C)(C)CCN5CCC4(C)C)=C1. The van der Waals surface area contributed by atoms with E-state index in [1.165, 1.54) is 22.4 Å². The number of allylic oxidation sites excluding steroid dienone is 4. The van der Waals surface area contributed by atoms with E-state index in [1.807, 2.05) is 6.08 Å². The van der Waals surface area contributed by atoms with Gasteiger partial charge in [-0.1, -0.05) is 75.3 Å². The predicted octanol–water partition coefficient (Wildman–Crippen LogP) is 8.28. The second kappa shape index (κ2) is 8.94. The molecule has 4 heteroatoms. The third-order valence-electron chi connectivity index (χ3n) is 9.69. The second-order valence-electron chi connectivity index (χ2n) is 15.7. The highest BCUT2D eigenvalue weighted by atomic mass is 16.5. The van der Waals surface area contributed by atoms with Crippen molar-refractivity contribution >= 4 is 23.4 Å². The summed E-state index contributed by atoms with van der Waals surface area (Å²) < 4.78 is 6.25. The smallest absolute Gasteiger partial charge is 0.222 e. The van der Waals surface area contributed by atoms with Gasteiger partial charge in [0.2, 0.25) is 5.90 Å². The van der Waals surface area contributed by atoms with E-state index in [9.17, 15) is 4.79 Å². The minimum atomic E-state index is -0.0220. The summed E-state index contributed by atoms with van der Waals surface area (Å²) in [6, 6.07) is 2.32. The van der Waals surface area contributed by atoms with Crippen molar-refractivity contribution in [1.82, 2.24) is 0 Å². The summed E-state index contributed by atoms with van der Waals surface area (Å²) in [5.41, 5.74) is 8.14. The Bertz CT molecular complexity index is 1340. The molecule has 4 aliphatic rings. The molecular weight excluding hydrogens is 480 g/mol.